The number of thioether (sulfide) groups is 1. The molecule has 1 aliphatic heterocycles. The zero-order valence-electron chi connectivity index (χ0n) is 12.5. The summed E-state index contributed by atoms with van der Waals surface area (Å²) >= 11 is 1.53. The van der Waals surface area contributed by atoms with Crippen molar-refractivity contribution < 1.29 is 19.4 Å². The molecule has 2 N–H and O–H groups in total. The molecule has 5 nitrogen and oxygen atoms in total. The molecule has 1 amide bonds. The second kappa shape index (κ2) is 6.50. The molecule has 0 bridgehead atoms. The van der Waals surface area contributed by atoms with E-state index in [4.69, 9.17) is 4.74 Å². The molecule has 120 valence electrons. The largest absolute Gasteiger partial charge is 0.483 e. The highest BCUT2D eigenvalue weighted by Gasteiger charge is 2.43. The van der Waals surface area contributed by atoms with Gasteiger partial charge in [-0.1, -0.05) is 36.4 Å². The zero-order valence-corrected chi connectivity index (χ0v) is 13.3. The minimum atomic E-state index is -1.16. The van der Waals surface area contributed by atoms with Crippen LogP contribution in [0.5, 0.6) is 5.75 Å². The van der Waals surface area contributed by atoms with Crippen LogP contribution in [-0.2, 0) is 9.59 Å². The molecule has 1 atom stereocenters. The highest BCUT2D eigenvalue weighted by atomic mass is 32.2. The monoisotopic (exact) mass is 331 g/mol. The molecule has 0 aliphatic carbocycles. The number of ether oxygens (including phenoxy) is 1. The summed E-state index contributed by atoms with van der Waals surface area (Å²) in [4.78, 5) is 23.5. The van der Waals surface area contributed by atoms with Gasteiger partial charge in [-0.3, -0.25) is 4.79 Å². The molecule has 23 heavy (non-hydrogen) atoms. The average Bonchev–Trinajstić information content (AvgIpc) is 3.03. The normalized spacial score (nSPS) is 20.3. The molecule has 0 spiro atoms. The van der Waals surface area contributed by atoms with Gasteiger partial charge in [-0.25, -0.2) is 4.79 Å². The van der Waals surface area contributed by atoms with Crippen LogP contribution >= 0.6 is 11.8 Å². The van der Waals surface area contributed by atoms with Gasteiger partial charge < -0.3 is 15.2 Å². The third kappa shape index (κ3) is 3.27. The summed E-state index contributed by atoms with van der Waals surface area (Å²) in [7, 11) is 0. The fraction of sp³-hybridized carbons (Fsp3) is 0.294. The Hall–Kier alpha value is -2.21. The van der Waals surface area contributed by atoms with Crippen molar-refractivity contribution in [3.8, 4) is 5.75 Å². The van der Waals surface area contributed by atoms with Gasteiger partial charge in [-0.05, 0) is 23.6 Å². The van der Waals surface area contributed by atoms with E-state index in [0.717, 1.165) is 16.5 Å². The van der Waals surface area contributed by atoms with Gasteiger partial charge in [-0.15, -0.1) is 0 Å². The van der Waals surface area contributed by atoms with Crippen LogP contribution in [0.15, 0.2) is 42.5 Å². The third-order valence-corrected chi connectivity index (χ3v) is 5.11. The standard InChI is InChI=1S/C17H17NO4S/c19-15(18-17(16(20)21)8-9-23-11-17)10-22-14-7-3-5-12-4-1-2-6-13(12)14/h1-7H,8-11H2,(H,18,19)(H,20,21). The van der Waals surface area contributed by atoms with Crippen LogP contribution in [-0.4, -0.2) is 40.6 Å². The van der Waals surface area contributed by atoms with Crippen LogP contribution in [0.3, 0.4) is 0 Å². The second-order valence-corrected chi connectivity index (χ2v) is 6.61. The van der Waals surface area contributed by atoms with Crippen LogP contribution < -0.4 is 10.1 Å². The first-order valence-electron chi connectivity index (χ1n) is 7.33. The fourth-order valence-corrected chi connectivity index (χ4v) is 3.98. The van der Waals surface area contributed by atoms with E-state index in [0.29, 0.717) is 17.9 Å². The molecule has 1 unspecified atom stereocenters. The minimum absolute atomic E-state index is 0.201. The Morgan fingerprint density at radius 1 is 1.22 bits per heavy atom. The lowest BCUT2D eigenvalue weighted by molar-refractivity contribution is -0.146. The highest BCUT2D eigenvalue weighted by molar-refractivity contribution is 7.99. The number of carbonyl (C=O) groups is 2. The van der Waals surface area contributed by atoms with Gasteiger partial charge in [0.05, 0.1) is 0 Å². The number of aliphatic carboxylic acids is 1. The number of rotatable bonds is 5. The Kier molecular flexibility index (Phi) is 4.43. The number of hydrogen-bond acceptors (Lipinski definition) is 4. The molecule has 2 aromatic rings. The number of carbonyl (C=O) groups excluding carboxylic acids is 1. The lowest BCUT2D eigenvalue weighted by Crippen LogP contribution is -2.55. The third-order valence-electron chi connectivity index (χ3n) is 3.92. The molecule has 1 fully saturated rings. The molecular formula is C17H17NO4S. The molecule has 2 aromatic carbocycles. The van der Waals surface area contributed by atoms with E-state index in [-0.39, 0.29) is 6.61 Å². The predicted molar refractivity (Wildman–Crippen MR) is 89.9 cm³/mol. The van der Waals surface area contributed by atoms with Gasteiger partial charge in [0.2, 0.25) is 0 Å². The van der Waals surface area contributed by atoms with E-state index >= 15 is 0 Å². The SMILES string of the molecule is O=C(COc1cccc2ccccc12)NC1(C(=O)O)CCSC1. The Bertz CT molecular complexity index is 735. The topological polar surface area (TPSA) is 75.6 Å². The zero-order chi connectivity index (χ0) is 16.3. The number of hydrogen-bond donors (Lipinski definition) is 2. The summed E-state index contributed by atoms with van der Waals surface area (Å²) < 4.78 is 5.60. The number of amides is 1. The maximum Gasteiger partial charge on any atom is 0.330 e. The first-order valence-corrected chi connectivity index (χ1v) is 8.49. The lowest BCUT2D eigenvalue weighted by Gasteiger charge is -2.24. The van der Waals surface area contributed by atoms with E-state index in [1.807, 2.05) is 36.4 Å². The maximum atomic E-state index is 12.1. The molecule has 0 aromatic heterocycles. The fourth-order valence-electron chi connectivity index (χ4n) is 2.65. The lowest BCUT2D eigenvalue weighted by atomic mass is 9.99. The van der Waals surface area contributed by atoms with Crippen LogP contribution in [0.4, 0.5) is 0 Å². The Balaban J connectivity index is 1.68. The highest BCUT2D eigenvalue weighted by Crippen LogP contribution is 2.28. The van der Waals surface area contributed by atoms with E-state index < -0.39 is 17.4 Å². The van der Waals surface area contributed by atoms with Crippen LogP contribution in [0.1, 0.15) is 6.42 Å². The summed E-state index contributed by atoms with van der Waals surface area (Å²) in [6, 6.07) is 13.4. The number of benzene rings is 2. The van der Waals surface area contributed by atoms with Crippen LogP contribution in [0, 0.1) is 0 Å². The first-order chi connectivity index (χ1) is 11.1. The maximum absolute atomic E-state index is 12.1. The van der Waals surface area contributed by atoms with E-state index in [9.17, 15) is 14.7 Å². The Labute approximate surface area is 138 Å². The summed E-state index contributed by atoms with van der Waals surface area (Å²) in [6.07, 6.45) is 0.438. The summed E-state index contributed by atoms with van der Waals surface area (Å²) in [5.41, 5.74) is -1.16. The van der Waals surface area contributed by atoms with Crippen molar-refractivity contribution >= 4 is 34.4 Å². The van der Waals surface area contributed by atoms with Crippen molar-refractivity contribution in [1.29, 1.82) is 0 Å². The van der Waals surface area contributed by atoms with E-state index in [1.54, 1.807) is 6.07 Å². The van der Waals surface area contributed by atoms with E-state index in [2.05, 4.69) is 5.32 Å². The number of carboxylic acid groups (broad SMARTS) is 1. The van der Waals surface area contributed by atoms with Crippen molar-refractivity contribution in [2.24, 2.45) is 0 Å². The molecule has 3 rings (SSSR count). The predicted octanol–water partition coefficient (Wildman–Crippen LogP) is 2.30. The van der Waals surface area contributed by atoms with Crippen molar-refractivity contribution in [3.63, 3.8) is 0 Å². The van der Waals surface area contributed by atoms with Crippen molar-refractivity contribution in [2.75, 3.05) is 18.1 Å². The van der Waals surface area contributed by atoms with E-state index in [1.165, 1.54) is 11.8 Å². The van der Waals surface area contributed by atoms with Crippen molar-refractivity contribution in [3.05, 3.63) is 42.5 Å². The van der Waals surface area contributed by atoms with Crippen molar-refractivity contribution in [1.82, 2.24) is 5.32 Å². The van der Waals surface area contributed by atoms with Crippen LogP contribution in [0.25, 0.3) is 10.8 Å². The Morgan fingerprint density at radius 3 is 2.74 bits per heavy atom. The van der Waals surface area contributed by atoms with Gasteiger partial charge in [0.15, 0.2) is 6.61 Å². The second-order valence-electron chi connectivity index (χ2n) is 5.50. The average molecular weight is 331 g/mol. The van der Waals surface area contributed by atoms with Gasteiger partial charge in [0.25, 0.3) is 5.91 Å². The van der Waals surface area contributed by atoms with Crippen molar-refractivity contribution in [2.45, 2.75) is 12.0 Å². The molecule has 1 heterocycles. The molecule has 1 saturated heterocycles. The minimum Gasteiger partial charge on any atom is -0.483 e. The number of carboxylic acids is 1. The smallest absolute Gasteiger partial charge is 0.330 e. The first kappa shape index (κ1) is 15.7. The van der Waals surface area contributed by atoms with Gasteiger partial charge in [0.1, 0.15) is 11.3 Å². The summed E-state index contributed by atoms with van der Waals surface area (Å²) in [5.74, 6) is 0.339. The summed E-state index contributed by atoms with van der Waals surface area (Å²) in [6.45, 7) is -0.201. The number of fused-ring (bicyclic) bond motifs is 1. The van der Waals surface area contributed by atoms with Crippen LogP contribution in [0.2, 0.25) is 0 Å². The van der Waals surface area contributed by atoms with Gasteiger partial charge >= 0.3 is 5.97 Å². The Morgan fingerprint density at radius 2 is 2.00 bits per heavy atom. The molecule has 0 saturated carbocycles. The quantitative estimate of drug-likeness (QED) is 0.879. The summed E-state index contributed by atoms with van der Waals surface area (Å²) in [5, 5.41) is 13.9. The molecule has 6 heteroatoms. The van der Waals surface area contributed by atoms with Gasteiger partial charge in [0, 0.05) is 11.1 Å². The molecule has 1 aliphatic rings. The molecule has 0 radical (unpaired) electrons. The number of nitrogens with one attached hydrogen (secondary N) is 1. The van der Waals surface area contributed by atoms with Gasteiger partial charge in [-0.2, -0.15) is 11.8 Å². The molecular weight excluding hydrogens is 314 g/mol.